The smallest absolute Gasteiger partial charge is 0.0410 e. The summed E-state index contributed by atoms with van der Waals surface area (Å²) in [6.45, 7) is 7.82. The maximum Gasteiger partial charge on any atom is 0.0410 e. The molecule has 3 heteroatoms. The van der Waals surface area contributed by atoms with Crippen LogP contribution in [0.4, 0.5) is 0 Å². The first-order chi connectivity index (χ1) is 8.67. The van der Waals surface area contributed by atoms with Gasteiger partial charge >= 0.3 is 0 Å². The van der Waals surface area contributed by atoms with E-state index in [4.69, 9.17) is 0 Å². The zero-order valence-corrected chi connectivity index (χ0v) is 13.3. The van der Waals surface area contributed by atoms with E-state index in [0.717, 1.165) is 17.4 Å². The van der Waals surface area contributed by atoms with Crippen molar-refractivity contribution in [3.63, 3.8) is 0 Å². The number of rotatable bonds is 8. The Kier molecular flexibility index (Phi) is 7.52. The fourth-order valence-corrected chi connectivity index (χ4v) is 2.70. The highest BCUT2D eigenvalue weighted by atomic mass is 79.9. The number of nitrogens with zero attached hydrogens (tertiary/aromatic N) is 1. The van der Waals surface area contributed by atoms with Crippen LogP contribution in [0.25, 0.3) is 0 Å². The highest BCUT2D eigenvalue weighted by molar-refractivity contribution is 9.10. The zero-order chi connectivity index (χ0) is 13.4. The number of hydrogen-bond donors (Lipinski definition) is 1. The van der Waals surface area contributed by atoms with Gasteiger partial charge in [0, 0.05) is 22.9 Å². The molecule has 0 aliphatic heterocycles. The molecule has 18 heavy (non-hydrogen) atoms. The van der Waals surface area contributed by atoms with Gasteiger partial charge in [-0.2, -0.15) is 0 Å². The van der Waals surface area contributed by atoms with Crippen LogP contribution in [0, 0.1) is 5.92 Å². The lowest BCUT2D eigenvalue weighted by Crippen LogP contribution is -2.36. The van der Waals surface area contributed by atoms with Crippen molar-refractivity contribution in [1.29, 1.82) is 0 Å². The molecule has 1 aromatic heterocycles. The van der Waals surface area contributed by atoms with Crippen LogP contribution >= 0.6 is 15.9 Å². The van der Waals surface area contributed by atoms with E-state index in [1.807, 2.05) is 12.4 Å². The average molecular weight is 313 g/mol. The summed E-state index contributed by atoms with van der Waals surface area (Å²) in [7, 11) is 0. The topological polar surface area (TPSA) is 24.9 Å². The van der Waals surface area contributed by atoms with E-state index in [-0.39, 0.29) is 0 Å². The van der Waals surface area contributed by atoms with Crippen molar-refractivity contribution in [1.82, 2.24) is 10.3 Å². The molecule has 0 radical (unpaired) electrons. The van der Waals surface area contributed by atoms with Gasteiger partial charge in [-0.1, -0.05) is 33.6 Å². The Morgan fingerprint density at radius 2 is 2.11 bits per heavy atom. The van der Waals surface area contributed by atoms with Crippen molar-refractivity contribution in [2.75, 3.05) is 6.54 Å². The molecular formula is C15H25BrN2. The predicted octanol–water partition coefficient (Wildman–Crippen LogP) is 4.19. The molecule has 2 nitrogen and oxygen atoms in total. The molecule has 1 aromatic rings. The Bertz CT molecular complexity index is 341. The van der Waals surface area contributed by atoms with Gasteiger partial charge in [-0.3, -0.25) is 4.98 Å². The molecule has 2 unspecified atom stereocenters. The molecule has 0 saturated heterocycles. The Morgan fingerprint density at radius 3 is 2.72 bits per heavy atom. The molecule has 0 aromatic carbocycles. The molecule has 0 bridgehead atoms. The summed E-state index contributed by atoms with van der Waals surface area (Å²) in [6, 6.07) is 2.72. The predicted molar refractivity (Wildman–Crippen MR) is 81.8 cm³/mol. The minimum atomic E-state index is 0.553. The summed E-state index contributed by atoms with van der Waals surface area (Å²) in [5.41, 5.74) is 1.30. The summed E-state index contributed by atoms with van der Waals surface area (Å²) >= 11 is 3.49. The monoisotopic (exact) mass is 312 g/mol. The summed E-state index contributed by atoms with van der Waals surface area (Å²) in [5.74, 6) is 0.712. The fraction of sp³-hybridized carbons (Fsp3) is 0.667. The molecule has 1 N–H and O–H groups in total. The second-order valence-corrected chi connectivity index (χ2v) is 5.91. The first kappa shape index (κ1) is 15.6. The van der Waals surface area contributed by atoms with E-state index >= 15 is 0 Å². The highest BCUT2D eigenvalue weighted by Gasteiger charge is 2.16. The minimum Gasteiger partial charge on any atom is -0.314 e. The number of halogens is 1. The number of likely N-dealkylation sites (N-methyl/N-ethyl adjacent to an activating group) is 1. The molecule has 0 fully saturated rings. The van der Waals surface area contributed by atoms with Crippen molar-refractivity contribution in [2.45, 2.75) is 52.5 Å². The summed E-state index contributed by atoms with van der Waals surface area (Å²) < 4.78 is 1.07. The van der Waals surface area contributed by atoms with Crippen molar-refractivity contribution >= 4 is 15.9 Å². The van der Waals surface area contributed by atoms with Gasteiger partial charge in [0.05, 0.1) is 0 Å². The molecule has 0 aliphatic carbocycles. The van der Waals surface area contributed by atoms with E-state index in [0.29, 0.717) is 12.0 Å². The van der Waals surface area contributed by atoms with Crippen LogP contribution in [0.5, 0.6) is 0 Å². The van der Waals surface area contributed by atoms with E-state index in [1.165, 1.54) is 24.8 Å². The van der Waals surface area contributed by atoms with Crippen molar-refractivity contribution in [2.24, 2.45) is 5.92 Å². The largest absolute Gasteiger partial charge is 0.314 e. The Morgan fingerprint density at radius 1 is 1.33 bits per heavy atom. The summed E-state index contributed by atoms with van der Waals surface area (Å²) in [5, 5.41) is 3.62. The SMILES string of the molecule is CCCCC(C)C(Cc1cncc(Br)c1)NCC. The summed E-state index contributed by atoms with van der Waals surface area (Å²) in [4.78, 5) is 4.24. The quantitative estimate of drug-likeness (QED) is 0.778. The molecule has 102 valence electrons. The van der Waals surface area contributed by atoms with Gasteiger partial charge in [0.25, 0.3) is 0 Å². The van der Waals surface area contributed by atoms with Gasteiger partial charge in [-0.25, -0.2) is 0 Å². The third-order valence-electron chi connectivity index (χ3n) is 3.38. The van der Waals surface area contributed by atoms with Crippen LogP contribution in [0.15, 0.2) is 22.9 Å². The van der Waals surface area contributed by atoms with Gasteiger partial charge in [-0.05, 0) is 52.9 Å². The maximum atomic E-state index is 4.24. The third-order valence-corrected chi connectivity index (χ3v) is 3.82. The lowest BCUT2D eigenvalue weighted by molar-refractivity contribution is 0.352. The minimum absolute atomic E-state index is 0.553. The lowest BCUT2D eigenvalue weighted by Gasteiger charge is -2.25. The second-order valence-electron chi connectivity index (χ2n) is 5.00. The molecule has 0 aliphatic rings. The number of unbranched alkanes of at least 4 members (excludes halogenated alkanes) is 1. The second kappa shape index (κ2) is 8.65. The molecule has 1 heterocycles. The van der Waals surface area contributed by atoms with Gasteiger partial charge in [0.2, 0.25) is 0 Å². The zero-order valence-electron chi connectivity index (χ0n) is 11.7. The van der Waals surface area contributed by atoms with Crippen molar-refractivity contribution < 1.29 is 0 Å². The highest BCUT2D eigenvalue weighted by Crippen LogP contribution is 2.18. The molecule has 2 atom stereocenters. The van der Waals surface area contributed by atoms with Crippen molar-refractivity contribution in [3.8, 4) is 0 Å². The number of aromatic nitrogens is 1. The van der Waals surface area contributed by atoms with Gasteiger partial charge < -0.3 is 5.32 Å². The number of pyridine rings is 1. The summed E-state index contributed by atoms with van der Waals surface area (Å²) in [6.07, 6.45) is 8.77. The van der Waals surface area contributed by atoms with E-state index in [1.54, 1.807) is 0 Å². The number of hydrogen-bond acceptors (Lipinski definition) is 2. The van der Waals surface area contributed by atoms with Crippen LogP contribution in [-0.4, -0.2) is 17.6 Å². The van der Waals surface area contributed by atoms with Crippen LogP contribution in [0.2, 0.25) is 0 Å². The molecular weight excluding hydrogens is 288 g/mol. The Balaban J connectivity index is 2.61. The number of nitrogens with one attached hydrogen (secondary N) is 1. The first-order valence-corrected chi connectivity index (χ1v) is 7.79. The molecule has 0 saturated carbocycles. The fourth-order valence-electron chi connectivity index (χ4n) is 2.29. The van der Waals surface area contributed by atoms with Crippen LogP contribution in [0.1, 0.15) is 45.6 Å². The van der Waals surface area contributed by atoms with E-state index in [2.05, 4.69) is 53.1 Å². The normalized spacial score (nSPS) is 14.4. The van der Waals surface area contributed by atoms with Crippen LogP contribution in [-0.2, 0) is 6.42 Å². The van der Waals surface area contributed by atoms with E-state index < -0.39 is 0 Å². The molecule has 0 spiro atoms. The Hall–Kier alpha value is -0.410. The molecule has 0 amide bonds. The maximum absolute atomic E-state index is 4.24. The lowest BCUT2D eigenvalue weighted by atomic mass is 9.91. The van der Waals surface area contributed by atoms with Crippen LogP contribution < -0.4 is 5.32 Å². The first-order valence-electron chi connectivity index (χ1n) is 7.00. The third kappa shape index (κ3) is 5.49. The molecule has 1 rings (SSSR count). The Labute approximate surface area is 120 Å². The standard InChI is InChI=1S/C15H25BrN2/c1-4-6-7-12(3)15(18-5-2)9-13-8-14(16)11-17-10-13/h8,10-12,15,18H,4-7,9H2,1-3H3. The van der Waals surface area contributed by atoms with E-state index in [9.17, 15) is 0 Å². The van der Waals surface area contributed by atoms with Crippen LogP contribution in [0.3, 0.4) is 0 Å². The average Bonchev–Trinajstić information content (AvgIpc) is 2.35. The van der Waals surface area contributed by atoms with Gasteiger partial charge in [0.1, 0.15) is 0 Å². The van der Waals surface area contributed by atoms with Gasteiger partial charge in [-0.15, -0.1) is 0 Å². The van der Waals surface area contributed by atoms with Crippen molar-refractivity contribution in [3.05, 3.63) is 28.5 Å². The van der Waals surface area contributed by atoms with Gasteiger partial charge in [0.15, 0.2) is 0 Å².